The molecule has 1 heterocycles. The quantitative estimate of drug-likeness (QED) is 0.209. The number of nitrogens with one attached hydrogen (secondary N) is 1. The minimum Gasteiger partial charge on any atom is -0.457 e. The Bertz CT molecular complexity index is 1630. The van der Waals surface area contributed by atoms with E-state index < -0.39 is 32.9 Å². The first-order chi connectivity index (χ1) is 18.2. The fourth-order valence-electron chi connectivity index (χ4n) is 3.61. The summed E-state index contributed by atoms with van der Waals surface area (Å²) in [5.41, 5.74) is 0.834. The molecule has 1 aromatic heterocycles. The van der Waals surface area contributed by atoms with Gasteiger partial charge in [-0.15, -0.1) is 24.5 Å². The molecule has 3 aromatic carbocycles. The minimum atomic E-state index is -4.81. The highest BCUT2D eigenvalue weighted by Crippen LogP contribution is 2.36. The molecule has 0 atom stereocenters. The van der Waals surface area contributed by atoms with Crippen LogP contribution < -0.4 is 14.8 Å². The van der Waals surface area contributed by atoms with Crippen LogP contribution in [0.25, 0.3) is 10.1 Å². The van der Waals surface area contributed by atoms with Crippen molar-refractivity contribution in [3.05, 3.63) is 82.2 Å². The van der Waals surface area contributed by atoms with Gasteiger partial charge in [-0.25, -0.2) is 0 Å². The van der Waals surface area contributed by atoms with Crippen molar-refractivity contribution in [3.8, 4) is 17.2 Å². The lowest BCUT2D eigenvalue weighted by atomic mass is 10.0. The summed E-state index contributed by atoms with van der Waals surface area (Å²) in [6.45, 7) is 3.08. The Morgan fingerprint density at radius 1 is 0.923 bits per heavy atom. The number of ether oxygens (including phenoxy) is 2. The molecule has 7 nitrogen and oxygen atoms in total. The van der Waals surface area contributed by atoms with E-state index in [1.54, 1.807) is 24.3 Å². The minimum absolute atomic E-state index is 0.225. The number of carbonyl (C=O) groups excluding carboxylic acids is 1. The molecule has 39 heavy (non-hydrogen) atoms. The summed E-state index contributed by atoms with van der Waals surface area (Å²) in [6, 6.07) is 16.1. The van der Waals surface area contributed by atoms with Crippen molar-refractivity contribution in [3.63, 3.8) is 0 Å². The number of benzene rings is 3. The molecule has 13 heteroatoms. The van der Waals surface area contributed by atoms with Crippen molar-refractivity contribution in [2.24, 2.45) is 0 Å². The van der Waals surface area contributed by atoms with Crippen LogP contribution in [-0.4, -0.2) is 27.8 Å². The average molecular weight is 600 g/mol. The molecule has 0 radical (unpaired) electrons. The molecule has 1 amide bonds. The zero-order valence-corrected chi connectivity index (χ0v) is 23.0. The summed E-state index contributed by atoms with van der Waals surface area (Å²) in [7, 11) is -2.75. The second kappa shape index (κ2) is 10.7. The maximum atomic E-state index is 13.0. The van der Waals surface area contributed by atoms with Crippen molar-refractivity contribution in [1.29, 1.82) is 0 Å². The monoisotopic (exact) mass is 599 g/mol. The number of hydrogen-bond donors (Lipinski definition) is 1. The summed E-state index contributed by atoms with van der Waals surface area (Å²) in [5, 5.41) is 3.69. The zero-order valence-electron chi connectivity index (χ0n) is 20.6. The Hall–Kier alpha value is -3.32. The van der Waals surface area contributed by atoms with Crippen LogP contribution in [0.4, 0.5) is 18.9 Å². The number of hydrogen-bond acceptors (Lipinski definition) is 7. The number of alkyl halides is 3. The van der Waals surface area contributed by atoms with Crippen molar-refractivity contribution >= 4 is 54.7 Å². The first kappa shape index (κ1) is 28.7. The van der Waals surface area contributed by atoms with E-state index in [4.69, 9.17) is 20.5 Å². The first-order valence-electron chi connectivity index (χ1n) is 11.2. The lowest BCUT2D eigenvalue weighted by Gasteiger charge is -2.23. The summed E-state index contributed by atoms with van der Waals surface area (Å²) in [5.74, 6) is -0.357. The lowest BCUT2D eigenvalue weighted by Crippen LogP contribution is -2.30. The zero-order chi connectivity index (χ0) is 28.6. The van der Waals surface area contributed by atoms with Crippen LogP contribution in [0.15, 0.2) is 66.7 Å². The summed E-state index contributed by atoms with van der Waals surface area (Å²) in [4.78, 5) is 13.4. The standard InChI is InChI=1S/C26H21ClF3NO6S2/c1-25(2,39(33,34)35-3)16-4-9-22-15(10-16)11-23(38-22)24(32)31-18-12-17(27)13-21(14-18)36-19-5-7-20(8-6-19)37-26(28,29)30/h4-14H,1-3H3,(H,31,32). The summed E-state index contributed by atoms with van der Waals surface area (Å²) >= 11 is 7.41. The van der Waals surface area contributed by atoms with E-state index in [2.05, 4.69) is 10.1 Å². The fourth-order valence-corrected chi connectivity index (χ4v) is 5.61. The van der Waals surface area contributed by atoms with Gasteiger partial charge in [0.05, 0.1) is 12.0 Å². The van der Waals surface area contributed by atoms with E-state index in [0.29, 0.717) is 21.5 Å². The third kappa shape index (κ3) is 6.64. The molecule has 4 aromatic rings. The van der Waals surface area contributed by atoms with Gasteiger partial charge in [-0.2, -0.15) is 8.42 Å². The summed E-state index contributed by atoms with van der Waals surface area (Å²) < 4.78 is 75.5. The van der Waals surface area contributed by atoms with Crippen molar-refractivity contribution in [2.45, 2.75) is 25.0 Å². The third-order valence-electron chi connectivity index (χ3n) is 5.70. The Balaban J connectivity index is 1.51. The smallest absolute Gasteiger partial charge is 0.457 e. The molecule has 0 saturated heterocycles. The predicted octanol–water partition coefficient (Wildman–Crippen LogP) is 7.71. The fraction of sp³-hybridized carbons (Fsp3) is 0.192. The van der Waals surface area contributed by atoms with Crippen LogP contribution in [0.1, 0.15) is 29.1 Å². The maximum Gasteiger partial charge on any atom is 0.573 e. The number of rotatable bonds is 8. The number of thiophene rings is 1. The van der Waals surface area contributed by atoms with E-state index in [9.17, 15) is 26.4 Å². The molecule has 0 saturated carbocycles. The SMILES string of the molecule is COS(=O)(=O)C(C)(C)c1ccc2sc(C(=O)Nc3cc(Cl)cc(Oc4ccc(OC(F)(F)F)cc4)c3)cc2c1. The van der Waals surface area contributed by atoms with Crippen LogP contribution in [0, 0.1) is 0 Å². The molecule has 0 aliphatic rings. The van der Waals surface area contributed by atoms with Gasteiger partial charge in [-0.05, 0) is 79.4 Å². The molecule has 1 N–H and O–H groups in total. The van der Waals surface area contributed by atoms with Crippen LogP contribution in [0.2, 0.25) is 5.02 Å². The molecule has 0 bridgehead atoms. The van der Waals surface area contributed by atoms with Crippen molar-refractivity contribution < 1.29 is 40.0 Å². The largest absolute Gasteiger partial charge is 0.573 e. The van der Waals surface area contributed by atoms with Gasteiger partial charge in [0.1, 0.15) is 22.0 Å². The molecular weight excluding hydrogens is 579 g/mol. The molecule has 0 unspecified atom stereocenters. The van der Waals surface area contributed by atoms with Gasteiger partial charge in [-0.3, -0.25) is 8.98 Å². The normalized spacial score (nSPS) is 12.4. The topological polar surface area (TPSA) is 90.9 Å². The van der Waals surface area contributed by atoms with E-state index in [1.807, 2.05) is 0 Å². The van der Waals surface area contributed by atoms with E-state index in [-0.39, 0.29) is 16.5 Å². The van der Waals surface area contributed by atoms with Crippen LogP contribution in [0.5, 0.6) is 17.2 Å². The van der Waals surface area contributed by atoms with Gasteiger partial charge in [0.25, 0.3) is 16.0 Å². The van der Waals surface area contributed by atoms with Crippen LogP contribution >= 0.6 is 22.9 Å². The van der Waals surface area contributed by atoms with E-state index >= 15 is 0 Å². The van der Waals surface area contributed by atoms with E-state index in [0.717, 1.165) is 23.9 Å². The Kier molecular flexibility index (Phi) is 7.86. The van der Waals surface area contributed by atoms with Crippen molar-refractivity contribution in [2.75, 3.05) is 12.4 Å². The number of fused-ring (bicyclic) bond motifs is 1. The molecule has 0 spiro atoms. The van der Waals surface area contributed by atoms with E-state index in [1.165, 1.54) is 55.5 Å². The molecule has 0 aliphatic carbocycles. The van der Waals surface area contributed by atoms with Gasteiger partial charge in [-0.1, -0.05) is 17.7 Å². The molecule has 0 aliphatic heterocycles. The third-order valence-corrected chi connectivity index (χ3v) is 8.96. The Morgan fingerprint density at radius 3 is 2.23 bits per heavy atom. The second-order valence-electron chi connectivity index (χ2n) is 8.75. The Morgan fingerprint density at radius 2 is 1.59 bits per heavy atom. The lowest BCUT2D eigenvalue weighted by molar-refractivity contribution is -0.274. The average Bonchev–Trinajstić information content (AvgIpc) is 3.28. The first-order valence-corrected chi connectivity index (χ1v) is 13.8. The number of anilines is 1. The number of halogens is 4. The Labute approximate surface area is 231 Å². The second-order valence-corrected chi connectivity index (χ2v) is 12.5. The highest BCUT2D eigenvalue weighted by molar-refractivity contribution is 7.87. The highest BCUT2D eigenvalue weighted by Gasteiger charge is 2.36. The van der Waals surface area contributed by atoms with Gasteiger partial charge in [0, 0.05) is 21.5 Å². The number of amides is 1. The van der Waals surface area contributed by atoms with Gasteiger partial charge < -0.3 is 14.8 Å². The summed E-state index contributed by atoms with van der Waals surface area (Å²) in [6.07, 6.45) is -4.81. The molecule has 0 fully saturated rings. The van der Waals surface area contributed by atoms with Gasteiger partial charge >= 0.3 is 6.36 Å². The van der Waals surface area contributed by atoms with Gasteiger partial charge in [0.2, 0.25) is 0 Å². The maximum absolute atomic E-state index is 13.0. The van der Waals surface area contributed by atoms with Crippen LogP contribution in [-0.2, 0) is 19.0 Å². The highest BCUT2D eigenvalue weighted by atomic mass is 35.5. The number of carbonyl (C=O) groups is 1. The van der Waals surface area contributed by atoms with Crippen molar-refractivity contribution in [1.82, 2.24) is 0 Å². The molecular formula is C26H21ClF3NO6S2. The molecule has 4 rings (SSSR count). The molecule has 206 valence electrons. The predicted molar refractivity (Wildman–Crippen MR) is 143 cm³/mol. The van der Waals surface area contributed by atoms with Gasteiger partial charge in [0.15, 0.2) is 0 Å². The van der Waals surface area contributed by atoms with Crippen LogP contribution in [0.3, 0.4) is 0 Å².